The molecule has 5 rings (SSSR count). The van der Waals surface area contributed by atoms with Crippen LogP contribution in [0.3, 0.4) is 0 Å². The number of amides is 2. The molecule has 0 bridgehead atoms. The molecule has 2 aliphatic rings. The maximum atomic E-state index is 13.1. The normalized spacial score (nSPS) is 16.5. The van der Waals surface area contributed by atoms with Crippen molar-refractivity contribution in [3.05, 3.63) is 77.2 Å². The van der Waals surface area contributed by atoms with Crippen LogP contribution in [-0.4, -0.2) is 71.2 Å². The third-order valence-corrected chi connectivity index (χ3v) is 8.42. The van der Waals surface area contributed by atoms with Gasteiger partial charge in [0.2, 0.25) is 0 Å². The average Bonchev–Trinajstić information content (AvgIpc) is 3.19. The topological polar surface area (TPSA) is 108 Å². The Labute approximate surface area is 241 Å². The highest BCUT2D eigenvalue weighted by Crippen LogP contribution is 2.29. The zero-order chi connectivity index (χ0) is 28.8. The lowest BCUT2D eigenvalue weighted by Crippen LogP contribution is -2.49. The summed E-state index contributed by atoms with van der Waals surface area (Å²) in [6.45, 7) is 4.23. The SMILES string of the molecule is CCc1ccccc1C(CO)CCC(=O)c1cc(N2CCC(N3CCc4cc(OC)ccc4NC3=O)CC2)ncn1. The predicted molar refractivity (Wildman–Crippen MR) is 159 cm³/mol. The van der Waals surface area contributed by atoms with Crippen molar-refractivity contribution in [3.8, 4) is 5.75 Å². The summed E-state index contributed by atoms with van der Waals surface area (Å²) >= 11 is 0. The average molecular weight is 558 g/mol. The van der Waals surface area contributed by atoms with Crippen LogP contribution < -0.4 is 15.0 Å². The summed E-state index contributed by atoms with van der Waals surface area (Å²) in [7, 11) is 1.65. The lowest BCUT2D eigenvalue weighted by atomic mass is 9.89. The van der Waals surface area contributed by atoms with E-state index in [-0.39, 0.29) is 30.4 Å². The molecule has 2 aliphatic heterocycles. The Morgan fingerprint density at radius 1 is 1.12 bits per heavy atom. The Morgan fingerprint density at radius 2 is 1.93 bits per heavy atom. The van der Waals surface area contributed by atoms with Gasteiger partial charge in [-0.3, -0.25) is 4.79 Å². The van der Waals surface area contributed by atoms with E-state index >= 15 is 0 Å². The number of Topliss-reactive ketones (excluding diaryl/α,β-unsaturated/α-hetero) is 1. The van der Waals surface area contributed by atoms with Crippen LogP contribution in [-0.2, 0) is 12.8 Å². The summed E-state index contributed by atoms with van der Waals surface area (Å²) in [5.41, 5.74) is 4.63. The molecule has 1 saturated heterocycles. The van der Waals surface area contributed by atoms with Crippen molar-refractivity contribution in [1.82, 2.24) is 14.9 Å². The molecule has 0 spiro atoms. The van der Waals surface area contributed by atoms with Crippen molar-refractivity contribution in [2.24, 2.45) is 0 Å². The molecular weight excluding hydrogens is 518 g/mol. The molecule has 2 amide bonds. The van der Waals surface area contributed by atoms with E-state index in [0.717, 1.165) is 67.2 Å². The maximum absolute atomic E-state index is 13.1. The number of methoxy groups -OCH3 is 1. The van der Waals surface area contributed by atoms with Crippen LogP contribution >= 0.6 is 0 Å². The minimum Gasteiger partial charge on any atom is -0.497 e. The second-order valence-electron chi connectivity index (χ2n) is 10.8. The number of rotatable bonds is 10. The number of nitrogens with zero attached hydrogens (tertiary/aromatic N) is 4. The van der Waals surface area contributed by atoms with Crippen molar-refractivity contribution >= 4 is 23.3 Å². The van der Waals surface area contributed by atoms with E-state index in [1.165, 1.54) is 11.9 Å². The molecule has 0 saturated carbocycles. The molecule has 216 valence electrons. The van der Waals surface area contributed by atoms with E-state index in [1.807, 2.05) is 41.3 Å². The van der Waals surface area contributed by atoms with E-state index in [9.17, 15) is 14.7 Å². The Kier molecular flexibility index (Phi) is 9.14. The third-order valence-electron chi connectivity index (χ3n) is 8.42. The lowest BCUT2D eigenvalue weighted by Gasteiger charge is -2.38. The third kappa shape index (κ3) is 6.51. The second kappa shape index (κ2) is 13.1. The Hall–Kier alpha value is -3.98. The van der Waals surface area contributed by atoms with Gasteiger partial charge in [0.15, 0.2) is 5.78 Å². The summed E-state index contributed by atoms with van der Waals surface area (Å²) in [6.07, 6.45) is 5.61. The fraction of sp³-hybridized carbons (Fsp3) is 0.438. The summed E-state index contributed by atoms with van der Waals surface area (Å²) in [4.78, 5) is 39.0. The van der Waals surface area contributed by atoms with Gasteiger partial charge >= 0.3 is 6.03 Å². The molecule has 1 aromatic heterocycles. The number of hydrogen-bond donors (Lipinski definition) is 2. The van der Waals surface area contributed by atoms with Crippen molar-refractivity contribution < 1.29 is 19.4 Å². The number of carbonyl (C=O) groups is 2. The standard InChI is InChI=1S/C32H39N5O4/c1-3-22-6-4-5-7-27(22)24(20-38)8-11-30(39)29-19-31(34-21-33-29)36-15-13-25(14-16-36)37-17-12-23-18-26(41-2)9-10-28(23)35-32(37)40/h4-7,9-10,18-19,21,24-25,38H,3,8,11-17,20H2,1-2H3,(H,35,40). The van der Waals surface area contributed by atoms with E-state index in [2.05, 4.69) is 33.2 Å². The monoisotopic (exact) mass is 557 g/mol. The number of aryl methyl sites for hydroxylation is 1. The van der Waals surface area contributed by atoms with Crippen LogP contribution in [0.5, 0.6) is 5.75 Å². The quantitative estimate of drug-likeness (QED) is 0.343. The first kappa shape index (κ1) is 28.5. The number of urea groups is 1. The number of aromatic nitrogens is 2. The highest BCUT2D eigenvalue weighted by Gasteiger charge is 2.31. The van der Waals surface area contributed by atoms with Gasteiger partial charge in [-0.25, -0.2) is 14.8 Å². The number of aliphatic hydroxyl groups excluding tert-OH is 1. The van der Waals surface area contributed by atoms with E-state index in [4.69, 9.17) is 4.74 Å². The lowest BCUT2D eigenvalue weighted by molar-refractivity contribution is 0.0969. The molecule has 1 atom stereocenters. The molecule has 2 aromatic carbocycles. The number of fused-ring (bicyclic) bond motifs is 1. The Morgan fingerprint density at radius 3 is 2.68 bits per heavy atom. The van der Waals surface area contributed by atoms with Gasteiger partial charge in [0.05, 0.1) is 7.11 Å². The smallest absolute Gasteiger partial charge is 0.322 e. The summed E-state index contributed by atoms with van der Waals surface area (Å²) < 4.78 is 5.35. The second-order valence-corrected chi connectivity index (χ2v) is 10.8. The van der Waals surface area contributed by atoms with Gasteiger partial charge in [-0.05, 0) is 67.0 Å². The Balaban J connectivity index is 1.17. The van der Waals surface area contributed by atoms with Gasteiger partial charge in [-0.2, -0.15) is 0 Å². The van der Waals surface area contributed by atoms with E-state index in [1.54, 1.807) is 13.2 Å². The largest absolute Gasteiger partial charge is 0.497 e. The number of benzene rings is 2. The van der Waals surface area contributed by atoms with Gasteiger partial charge < -0.3 is 25.0 Å². The molecular formula is C32H39N5O4. The number of ketones is 1. The summed E-state index contributed by atoms with van der Waals surface area (Å²) in [5, 5.41) is 13.1. The highest BCUT2D eigenvalue weighted by molar-refractivity contribution is 5.94. The fourth-order valence-electron chi connectivity index (χ4n) is 6.02. The predicted octanol–water partition coefficient (Wildman–Crippen LogP) is 4.85. The highest BCUT2D eigenvalue weighted by atomic mass is 16.5. The van der Waals surface area contributed by atoms with Gasteiger partial charge in [0, 0.05) is 56.4 Å². The molecule has 0 aliphatic carbocycles. The molecule has 3 heterocycles. The van der Waals surface area contributed by atoms with E-state index < -0.39 is 0 Å². The van der Waals surface area contributed by atoms with Gasteiger partial charge in [-0.1, -0.05) is 31.2 Å². The zero-order valence-electron chi connectivity index (χ0n) is 23.9. The molecule has 9 nitrogen and oxygen atoms in total. The Bertz CT molecular complexity index is 1370. The molecule has 3 aromatic rings. The van der Waals surface area contributed by atoms with Crippen LogP contribution in [0.15, 0.2) is 54.9 Å². The number of aliphatic hydroxyl groups is 1. The van der Waals surface area contributed by atoms with Gasteiger partial charge in [-0.15, -0.1) is 0 Å². The number of piperidine rings is 1. The van der Waals surface area contributed by atoms with Crippen LogP contribution in [0.25, 0.3) is 0 Å². The summed E-state index contributed by atoms with van der Waals surface area (Å²) in [6, 6.07) is 15.7. The van der Waals surface area contributed by atoms with E-state index in [0.29, 0.717) is 25.1 Å². The first-order valence-corrected chi connectivity index (χ1v) is 14.5. The van der Waals surface area contributed by atoms with Crippen LogP contribution in [0.1, 0.15) is 65.7 Å². The number of ether oxygens (including phenoxy) is 1. The van der Waals surface area contributed by atoms with Crippen LogP contribution in [0, 0.1) is 0 Å². The molecule has 1 fully saturated rings. The molecule has 9 heteroatoms. The fourth-order valence-corrected chi connectivity index (χ4v) is 6.02. The number of hydrogen-bond acceptors (Lipinski definition) is 7. The van der Waals surface area contributed by atoms with Crippen molar-refractivity contribution in [3.63, 3.8) is 0 Å². The first-order valence-electron chi connectivity index (χ1n) is 14.5. The minimum atomic E-state index is -0.0820. The first-order chi connectivity index (χ1) is 20.0. The number of nitrogens with one attached hydrogen (secondary N) is 1. The zero-order valence-corrected chi connectivity index (χ0v) is 23.9. The van der Waals surface area contributed by atoms with Crippen LogP contribution in [0.2, 0.25) is 0 Å². The van der Waals surface area contributed by atoms with Crippen molar-refractivity contribution in [1.29, 1.82) is 0 Å². The van der Waals surface area contributed by atoms with Gasteiger partial charge in [0.1, 0.15) is 23.6 Å². The number of carbonyl (C=O) groups excluding carboxylic acids is 2. The molecule has 0 radical (unpaired) electrons. The van der Waals surface area contributed by atoms with Crippen molar-refractivity contribution in [2.75, 3.05) is 43.6 Å². The maximum Gasteiger partial charge on any atom is 0.322 e. The van der Waals surface area contributed by atoms with Gasteiger partial charge in [0.25, 0.3) is 0 Å². The minimum absolute atomic E-state index is 0.00355. The van der Waals surface area contributed by atoms with Crippen molar-refractivity contribution in [2.45, 2.75) is 57.4 Å². The number of anilines is 2. The summed E-state index contributed by atoms with van der Waals surface area (Å²) in [5.74, 6) is 1.39. The molecule has 2 N–H and O–H groups in total. The molecule has 1 unspecified atom stereocenters. The molecule has 41 heavy (non-hydrogen) atoms. The van der Waals surface area contributed by atoms with Crippen LogP contribution in [0.4, 0.5) is 16.3 Å².